The van der Waals surface area contributed by atoms with Crippen molar-refractivity contribution in [3.05, 3.63) is 236 Å². The van der Waals surface area contributed by atoms with Crippen LogP contribution in [0.3, 0.4) is 0 Å². The Hall–Kier alpha value is -8.36. The van der Waals surface area contributed by atoms with Crippen LogP contribution in [0.4, 0.5) is 22.7 Å². The molecule has 4 aliphatic heterocycles. The first-order valence-electron chi connectivity index (χ1n) is 25.4. The summed E-state index contributed by atoms with van der Waals surface area (Å²) in [6.07, 6.45) is 8.72. The summed E-state index contributed by atoms with van der Waals surface area (Å²) in [5.41, 5.74) is 22.0. The molecule has 0 bridgehead atoms. The van der Waals surface area contributed by atoms with Crippen molar-refractivity contribution < 1.29 is 37.2 Å². The van der Waals surface area contributed by atoms with E-state index in [0.29, 0.717) is 26.9 Å². The molecule has 0 radical (unpaired) electrons. The average Bonchev–Trinajstić information content (AvgIpc) is 3.44. The predicted octanol–water partition coefficient (Wildman–Crippen LogP) is 14.3. The van der Waals surface area contributed by atoms with Crippen LogP contribution in [0.2, 0.25) is 0 Å². The van der Waals surface area contributed by atoms with Crippen LogP contribution in [-0.2, 0) is 0 Å². The second-order valence-corrected chi connectivity index (χ2v) is 19.5. The Kier molecular flexibility index (Phi) is 15.4. The van der Waals surface area contributed by atoms with Gasteiger partial charge in [-0.25, -0.2) is 0 Å². The van der Waals surface area contributed by atoms with E-state index in [1.54, 1.807) is 0 Å². The van der Waals surface area contributed by atoms with E-state index in [-0.39, 0.29) is 0 Å². The van der Waals surface area contributed by atoms with Gasteiger partial charge in [0.05, 0.1) is 22.3 Å². The van der Waals surface area contributed by atoms with E-state index in [1.807, 2.05) is 72.8 Å². The zero-order chi connectivity index (χ0) is 51.9. The molecule has 0 saturated carbocycles. The van der Waals surface area contributed by atoms with Crippen molar-refractivity contribution in [3.8, 4) is 23.0 Å². The summed E-state index contributed by atoms with van der Waals surface area (Å²) >= 11 is 0. The normalized spacial score (nSPS) is 13.5. The standard InChI is InChI=1S/2C17H18NO.2C16H16NO/c1-12-9-15-10-18(16-7-5-4-6-8-16)11-19-17(15)14(3)13(12)2;1-12-9-13(2)17-16(14(12)3)10-18(11-19-17)15-7-5-4-6-8-15;1-12-8-13(2)15-10-17(11-18-16(15)9-12)14-6-4-3-5-7-14;1-12-8-9-13(2)16-15(12)10-17(11-18-16)14-6-4-3-5-7-14/h2*4-10H,11H2,1-3H3;2*3-10H,11H2,1-2H3/q4*+1. The first-order valence-corrected chi connectivity index (χ1v) is 25.4. The molecule has 74 heavy (non-hydrogen) atoms. The topological polar surface area (TPSA) is 49.0 Å². The molecule has 8 nitrogen and oxygen atoms in total. The molecule has 0 atom stereocenters. The van der Waals surface area contributed by atoms with Gasteiger partial charge in [0.1, 0.15) is 23.0 Å². The molecular formula is C66H68N4O4+4. The van der Waals surface area contributed by atoms with Crippen molar-refractivity contribution in [1.82, 2.24) is 0 Å². The Balaban J connectivity index is 0.000000121. The van der Waals surface area contributed by atoms with Gasteiger partial charge < -0.3 is 18.9 Å². The number of para-hydroxylation sites is 4. The molecule has 12 rings (SSSR count). The number of rotatable bonds is 4. The number of fused-ring (bicyclic) bond motifs is 4. The molecule has 0 aromatic heterocycles. The number of nitrogens with zero attached hydrogens (tertiary/aromatic N) is 4. The van der Waals surface area contributed by atoms with Crippen molar-refractivity contribution in [2.75, 3.05) is 26.9 Å². The monoisotopic (exact) mass is 981 g/mol. The van der Waals surface area contributed by atoms with Crippen molar-refractivity contribution in [3.63, 3.8) is 0 Å². The van der Waals surface area contributed by atoms with Crippen molar-refractivity contribution in [2.24, 2.45) is 0 Å². The van der Waals surface area contributed by atoms with E-state index in [0.717, 1.165) is 51.3 Å². The summed E-state index contributed by atoms with van der Waals surface area (Å²) in [5.74, 6) is 4.05. The lowest BCUT2D eigenvalue weighted by Crippen LogP contribution is -2.22. The molecule has 0 fully saturated rings. The lowest BCUT2D eigenvalue weighted by atomic mass is 9.98. The number of hydrogen-bond donors (Lipinski definition) is 0. The second kappa shape index (κ2) is 22.6. The third-order valence-electron chi connectivity index (χ3n) is 14.2. The van der Waals surface area contributed by atoms with Gasteiger partial charge in [-0.2, -0.15) is 18.3 Å². The van der Waals surface area contributed by atoms with E-state index < -0.39 is 0 Å². The van der Waals surface area contributed by atoms with Crippen LogP contribution in [-0.4, -0.2) is 70.1 Å². The first-order chi connectivity index (χ1) is 35.8. The molecule has 4 heterocycles. The molecule has 0 aliphatic carbocycles. The predicted molar refractivity (Wildman–Crippen MR) is 301 cm³/mol. The third-order valence-corrected chi connectivity index (χ3v) is 14.2. The molecule has 0 saturated heterocycles. The summed E-state index contributed by atoms with van der Waals surface area (Å²) in [4.78, 5) is 0. The van der Waals surface area contributed by atoms with E-state index in [4.69, 9.17) is 18.9 Å². The van der Waals surface area contributed by atoms with Crippen molar-refractivity contribution in [2.45, 2.75) is 69.2 Å². The highest BCUT2D eigenvalue weighted by Gasteiger charge is 2.26. The largest absolute Gasteiger partial charge is 0.435 e. The number of hydrogen-bond acceptors (Lipinski definition) is 4. The van der Waals surface area contributed by atoms with Gasteiger partial charge in [0, 0.05) is 48.5 Å². The quantitative estimate of drug-likeness (QED) is 0.165. The molecule has 8 aromatic rings. The number of ether oxygens (including phenoxy) is 4. The Bertz CT molecular complexity index is 3470. The lowest BCUT2D eigenvalue weighted by Gasteiger charge is -2.18. The zero-order valence-electron chi connectivity index (χ0n) is 44.6. The average molecular weight is 981 g/mol. The maximum Gasteiger partial charge on any atom is 0.292 e. The van der Waals surface area contributed by atoms with Gasteiger partial charge in [-0.15, -0.1) is 0 Å². The lowest BCUT2D eigenvalue weighted by molar-refractivity contribution is -0.476. The first kappa shape index (κ1) is 50.6. The minimum atomic E-state index is 0.569. The molecule has 4 aliphatic rings. The second-order valence-electron chi connectivity index (χ2n) is 19.5. The maximum atomic E-state index is 5.95. The SMILES string of the molecule is Cc1cc(C)c2c(c1)OC[N+](c1ccccc1)=C2.Cc1cc(C)c2c(c1C)C=[N+](c1ccccc1)CO2.Cc1cc2c(c(C)c1C)OC[N+](c1ccccc1)=C2.Cc1ccc(C)c2c1C=[N+](c1ccccc1)CO2. The Morgan fingerprint density at radius 2 is 0.716 bits per heavy atom. The molecule has 0 amide bonds. The van der Waals surface area contributed by atoms with E-state index >= 15 is 0 Å². The fourth-order valence-corrected chi connectivity index (χ4v) is 9.60. The minimum Gasteiger partial charge on any atom is -0.435 e. The van der Waals surface area contributed by atoms with E-state index in [9.17, 15) is 0 Å². The third kappa shape index (κ3) is 11.3. The van der Waals surface area contributed by atoms with Gasteiger partial charge in [0.25, 0.3) is 26.9 Å². The minimum absolute atomic E-state index is 0.569. The van der Waals surface area contributed by atoms with E-state index in [1.165, 1.54) is 72.3 Å². The fraction of sp³-hybridized carbons (Fsp3) is 0.212. The highest BCUT2D eigenvalue weighted by Crippen LogP contribution is 2.34. The molecule has 372 valence electrons. The maximum absolute atomic E-state index is 5.95. The molecule has 0 unspecified atom stereocenters. The summed E-state index contributed by atoms with van der Waals surface area (Å²) < 4.78 is 32.2. The van der Waals surface area contributed by atoms with Crippen LogP contribution in [0.1, 0.15) is 77.9 Å². The Labute approximate surface area is 437 Å². The molecule has 8 heteroatoms. The Morgan fingerprint density at radius 1 is 0.297 bits per heavy atom. The van der Waals surface area contributed by atoms with Gasteiger partial charge in [0.15, 0.2) is 24.9 Å². The molecule has 0 spiro atoms. The summed E-state index contributed by atoms with van der Waals surface area (Å²) in [7, 11) is 0. The van der Waals surface area contributed by atoms with Crippen LogP contribution < -0.4 is 18.9 Å². The van der Waals surface area contributed by atoms with Crippen LogP contribution in [0.15, 0.2) is 158 Å². The fourth-order valence-electron chi connectivity index (χ4n) is 9.60. The molecular weight excluding hydrogens is 913 g/mol. The van der Waals surface area contributed by atoms with E-state index in [2.05, 4.69) is 197 Å². The summed E-state index contributed by atoms with van der Waals surface area (Å²) in [6, 6.07) is 54.2. The highest BCUT2D eigenvalue weighted by atomic mass is 16.5. The van der Waals surface area contributed by atoms with Gasteiger partial charge >= 0.3 is 0 Å². The van der Waals surface area contributed by atoms with Crippen LogP contribution >= 0.6 is 0 Å². The smallest absolute Gasteiger partial charge is 0.292 e. The van der Waals surface area contributed by atoms with Gasteiger partial charge in [-0.1, -0.05) is 97.1 Å². The van der Waals surface area contributed by atoms with Gasteiger partial charge in [-0.3, -0.25) is 0 Å². The van der Waals surface area contributed by atoms with Crippen LogP contribution in [0, 0.1) is 69.2 Å². The van der Waals surface area contributed by atoms with Crippen molar-refractivity contribution in [1.29, 1.82) is 0 Å². The highest BCUT2D eigenvalue weighted by molar-refractivity contribution is 5.86. The number of benzene rings is 8. The Morgan fingerprint density at radius 3 is 1.24 bits per heavy atom. The van der Waals surface area contributed by atoms with Gasteiger partial charge in [-0.05, 0) is 137 Å². The van der Waals surface area contributed by atoms with Crippen LogP contribution in [0.5, 0.6) is 23.0 Å². The summed E-state index contributed by atoms with van der Waals surface area (Å²) in [5, 5.41) is 0. The van der Waals surface area contributed by atoms with Gasteiger partial charge in [0.2, 0.25) is 22.7 Å². The molecule has 0 N–H and O–H groups in total. The zero-order valence-corrected chi connectivity index (χ0v) is 44.6. The van der Waals surface area contributed by atoms with Crippen molar-refractivity contribution >= 4 is 47.6 Å². The summed E-state index contributed by atoms with van der Waals surface area (Å²) in [6.45, 7) is 23.6. The number of aryl methyl sites for hydroxylation is 7. The molecule has 8 aromatic carbocycles. The van der Waals surface area contributed by atoms with Crippen LogP contribution in [0.25, 0.3) is 0 Å².